The molecule has 0 spiro atoms. The van der Waals surface area contributed by atoms with Gasteiger partial charge in [0.05, 0.1) is 0 Å². The molecule has 2 aromatic heterocycles. The maximum Gasteiger partial charge on any atom is 0.135 e. The molecule has 4 aromatic carbocycles. The van der Waals surface area contributed by atoms with Crippen molar-refractivity contribution in [1.29, 1.82) is 0 Å². The number of anilines is 2. The minimum atomic E-state index is -0.216. The van der Waals surface area contributed by atoms with E-state index in [0.29, 0.717) is 11.5 Å². The van der Waals surface area contributed by atoms with E-state index in [2.05, 4.69) is 251 Å². The van der Waals surface area contributed by atoms with Crippen LogP contribution in [-0.4, -0.2) is 9.55 Å². The molecule has 0 N–H and O–H groups in total. The number of ether oxygens (including phenoxy) is 1. The molecule has 0 amide bonds. The van der Waals surface area contributed by atoms with Gasteiger partial charge in [-0.2, -0.15) is 6.07 Å². The topological polar surface area (TPSA) is 33.5 Å². The van der Waals surface area contributed by atoms with Crippen molar-refractivity contribution in [1.82, 2.24) is 9.55 Å². The van der Waals surface area contributed by atoms with E-state index in [1.807, 2.05) is 6.20 Å². The molecule has 1 aliphatic heterocycles. The molecule has 0 fully saturated rings. The third-order valence-electron chi connectivity index (χ3n) is 12.8. The number of nitrogens with zero attached hydrogens (tertiary/aromatic N) is 4. The summed E-state index contributed by atoms with van der Waals surface area (Å²) in [5.41, 5.74) is 12.3. The number of aromatic nitrogens is 2. The van der Waals surface area contributed by atoms with Crippen LogP contribution in [0.15, 0.2) is 90.4 Å². The van der Waals surface area contributed by atoms with Gasteiger partial charge in [0.2, 0.25) is 0 Å². The zero-order valence-corrected chi connectivity index (χ0v) is 46.4. The molecular formula is C60H77N4OPt-3. The first-order valence-corrected chi connectivity index (χ1v) is 23.7. The maximum absolute atomic E-state index is 6.98. The van der Waals surface area contributed by atoms with Crippen molar-refractivity contribution in [3.63, 3.8) is 0 Å². The van der Waals surface area contributed by atoms with Crippen molar-refractivity contribution >= 4 is 33.2 Å². The van der Waals surface area contributed by atoms with Gasteiger partial charge in [-0.3, -0.25) is 0 Å². The molecule has 0 unspecified atom stereocenters. The molecule has 6 heteroatoms. The van der Waals surface area contributed by atoms with Crippen LogP contribution in [0.4, 0.5) is 11.4 Å². The van der Waals surface area contributed by atoms with Gasteiger partial charge in [-0.05, 0) is 85.0 Å². The normalized spacial score (nSPS) is 14.7. The summed E-state index contributed by atoms with van der Waals surface area (Å²) in [6, 6.07) is 34.7. The average Bonchev–Trinajstić information content (AvgIpc) is 3.74. The third kappa shape index (κ3) is 10.2. The van der Waals surface area contributed by atoms with E-state index < -0.39 is 0 Å². The first kappa shape index (κ1) is 51.1. The number of pyridine rings is 1. The molecule has 6 aromatic rings. The number of rotatable bonds is 5. The van der Waals surface area contributed by atoms with E-state index >= 15 is 0 Å². The Kier molecular flexibility index (Phi) is 13.2. The van der Waals surface area contributed by atoms with Gasteiger partial charge in [-0.25, -0.2) is 4.98 Å². The molecular weight excluding hydrogens is 988 g/mol. The van der Waals surface area contributed by atoms with Crippen molar-refractivity contribution in [2.75, 3.05) is 9.80 Å². The third-order valence-corrected chi connectivity index (χ3v) is 12.8. The first-order chi connectivity index (χ1) is 29.6. The van der Waals surface area contributed by atoms with Crippen molar-refractivity contribution in [3.05, 3.63) is 137 Å². The predicted octanol–water partition coefficient (Wildman–Crippen LogP) is 16.8. The van der Waals surface area contributed by atoms with Gasteiger partial charge in [0.25, 0.3) is 0 Å². The Balaban J connectivity index is 0.00000720. The van der Waals surface area contributed by atoms with Crippen molar-refractivity contribution < 1.29 is 25.8 Å². The number of hydrogen-bond acceptors (Lipinski definition) is 4. The molecule has 3 heterocycles. The molecule has 1 aliphatic rings. The summed E-state index contributed by atoms with van der Waals surface area (Å²) in [5.74, 6) is 2.14. The van der Waals surface area contributed by atoms with Crippen LogP contribution in [0.3, 0.4) is 0 Å². The van der Waals surface area contributed by atoms with Gasteiger partial charge in [-0.15, -0.1) is 53.6 Å². The standard InChI is InChI=1S/C60H77N4O.Pt/c1-54(2,3)38-22-25-49-48(33-38)47-24-23-45(36-50(47)64(49)51-34-39(26-27-61-51)55(4,5)6)65-46-32-42(58(13,14)15)31-44(35-46)63-37-62(52(59(16,17)18)53(63)60(19,20)21)43-29-40(56(7,8)9)28-41(30-43)57(10,11)12;/h22-34,37H,1-21H3;/q-3;. The Morgan fingerprint density at radius 2 is 0.970 bits per heavy atom. The Morgan fingerprint density at radius 1 is 0.455 bits per heavy atom. The van der Waals surface area contributed by atoms with Crippen LogP contribution >= 0.6 is 0 Å². The van der Waals surface area contributed by atoms with Crippen LogP contribution in [0.25, 0.3) is 27.6 Å². The molecule has 356 valence electrons. The zero-order valence-electron chi connectivity index (χ0n) is 44.1. The SMILES string of the molecule is CC(C)(C)C1=C(C(C)(C)C)N(c2cc(C(C)(C)C)cc(C(C)(C)C)c2)[CH-]N1c1[c-]c(Oc2[c-]c3c(cc2)c2cc(C(C)(C)C)ccc2n3-c2cc(C(C)(C)C)ccn2)cc(C(C)(C)C)c1.[Pt]. The summed E-state index contributed by atoms with van der Waals surface area (Å²) >= 11 is 0. The molecule has 0 aliphatic carbocycles. The van der Waals surface area contributed by atoms with Crippen LogP contribution in [0.5, 0.6) is 11.5 Å². The maximum atomic E-state index is 6.98. The van der Waals surface area contributed by atoms with Gasteiger partial charge in [0.1, 0.15) is 5.82 Å². The van der Waals surface area contributed by atoms with E-state index in [1.165, 1.54) is 44.7 Å². The predicted molar refractivity (Wildman–Crippen MR) is 278 cm³/mol. The minimum Gasteiger partial charge on any atom is -0.509 e. The van der Waals surface area contributed by atoms with Crippen molar-refractivity contribution in [2.24, 2.45) is 10.8 Å². The molecule has 0 atom stereocenters. The van der Waals surface area contributed by atoms with Gasteiger partial charge >= 0.3 is 0 Å². The van der Waals surface area contributed by atoms with E-state index in [0.717, 1.165) is 33.5 Å². The van der Waals surface area contributed by atoms with Gasteiger partial charge in [0.15, 0.2) is 0 Å². The summed E-state index contributed by atoms with van der Waals surface area (Å²) < 4.78 is 9.23. The molecule has 7 rings (SSSR count). The van der Waals surface area contributed by atoms with E-state index in [4.69, 9.17) is 9.72 Å². The molecule has 0 radical (unpaired) electrons. The largest absolute Gasteiger partial charge is 0.509 e. The second-order valence-electron chi connectivity index (χ2n) is 25.8. The van der Waals surface area contributed by atoms with Crippen molar-refractivity contribution in [3.8, 4) is 17.3 Å². The fraction of sp³-hybridized carbons (Fsp3) is 0.467. The number of benzene rings is 4. The summed E-state index contributed by atoms with van der Waals surface area (Å²) in [6.07, 6.45) is 1.93. The summed E-state index contributed by atoms with van der Waals surface area (Å²) in [7, 11) is 0. The van der Waals surface area contributed by atoms with E-state index in [9.17, 15) is 0 Å². The number of fused-ring (bicyclic) bond motifs is 3. The van der Waals surface area contributed by atoms with Gasteiger partial charge in [-0.1, -0.05) is 169 Å². The summed E-state index contributed by atoms with van der Waals surface area (Å²) in [5, 5.41) is 2.29. The second-order valence-corrected chi connectivity index (χ2v) is 25.8. The number of hydrogen-bond donors (Lipinski definition) is 0. The molecule has 0 bridgehead atoms. The fourth-order valence-electron chi connectivity index (χ4n) is 8.85. The monoisotopic (exact) mass is 1060 g/mol. The van der Waals surface area contributed by atoms with Crippen LogP contribution in [-0.2, 0) is 48.1 Å². The first-order valence-electron chi connectivity index (χ1n) is 23.7. The Labute approximate surface area is 413 Å². The molecule has 5 nitrogen and oxygen atoms in total. The van der Waals surface area contributed by atoms with Crippen LogP contribution < -0.4 is 14.5 Å². The van der Waals surface area contributed by atoms with E-state index in [1.54, 1.807) is 0 Å². The van der Waals surface area contributed by atoms with E-state index in [-0.39, 0.29) is 59.0 Å². The summed E-state index contributed by atoms with van der Waals surface area (Å²) in [6.45, 7) is 50.5. The Hall–Kier alpha value is -4.34. The Morgan fingerprint density at radius 3 is 1.50 bits per heavy atom. The molecule has 0 saturated carbocycles. The van der Waals surface area contributed by atoms with Crippen LogP contribution in [0.1, 0.15) is 173 Å². The number of allylic oxidation sites excluding steroid dienone is 2. The van der Waals surface area contributed by atoms with Crippen LogP contribution in [0.2, 0.25) is 0 Å². The van der Waals surface area contributed by atoms with Gasteiger partial charge in [0, 0.05) is 72.2 Å². The second kappa shape index (κ2) is 17.0. The molecule has 66 heavy (non-hydrogen) atoms. The minimum absolute atomic E-state index is 0. The quantitative estimate of drug-likeness (QED) is 0.161. The fourth-order valence-corrected chi connectivity index (χ4v) is 8.85. The Bertz CT molecular complexity index is 2780. The van der Waals surface area contributed by atoms with Crippen LogP contribution in [0, 0.1) is 29.6 Å². The van der Waals surface area contributed by atoms with Crippen molar-refractivity contribution in [2.45, 2.75) is 172 Å². The summed E-state index contributed by atoms with van der Waals surface area (Å²) in [4.78, 5) is 9.80. The van der Waals surface area contributed by atoms with Gasteiger partial charge < -0.3 is 19.1 Å². The zero-order chi connectivity index (χ0) is 48.2. The average molecular weight is 1070 g/mol. The smallest absolute Gasteiger partial charge is 0.135 e. The molecule has 0 saturated heterocycles.